The van der Waals surface area contributed by atoms with E-state index in [-0.39, 0.29) is 51.0 Å². The van der Waals surface area contributed by atoms with Gasteiger partial charge in [-0.25, -0.2) is 34.4 Å². The van der Waals surface area contributed by atoms with Crippen molar-refractivity contribution in [3.8, 4) is 0 Å². The van der Waals surface area contributed by atoms with Crippen molar-refractivity contribution in [2.75, 3.05) is 0 Å². The van der Waals surface area contributed by atoms with E-state index < -0.39 is 0 Å². The molecule has 2 rings (SSSR count). The summed E-state index contributed by atoms with van der Waals surface area (Å²) in [6.07, 6.45) is 8.81. The molecular weight excluding hydrogens is 354 g/mol. The molecule has 0 radical (unpaired) electrons. The number of hydrogen-bond acceptors (Lipinski definition) is 0. The van der Waals surface area contributed by atoms with E-state index in [9.17, 15) is 0 Å². The molecule has 0 aromatic rings. The number of rotatable bonds is 0. The molecule has 0 heterocycles. The van der Waals surface area contributed by atoms with Gasteiger partial charge in [-0.2, -0.15) is 11.1 Å². The second kappa shape index (κ2) is 11.1. The van der Waals surface area contributed by atoms with Gasteiger partial charge in [-0.3, -0.25) is 0 Å². The smallest absolute Gasteiger partial charge is 1.00 e. The Morgan fingerprint density at radius 1 is 0.632 bits per heavy atom. The van der Waals surface area contributed by atoms with Gasteiger partial charge in [0.05, 0.1) is 0 Å². The zero-order valence-corrected chi connectivity index (χ0v) is 16.6. The van der Waals surface area contributed by atoms with Crippen LogP contribution in [-0.4, -0.2) is 0 Å². The fourth-order valence-electron chi connectivity index (χ4n) is 2.00. The van der Waals surface area contributed by atoms with Crippen molar-refractivity contribution in [2.45, 2.75) is 54.4 Å². The van der Waals surface area contributed by atoms with Crippen LogP contribution in [0.2, 0.25) is 0 Å². The van der Waals surface area contributed by atoms with Crippen LogP contribution >= 0.6 is 0 Å². The molecule has 0 saturated carbocycles. The Morgan fingerprint density at radius 3 is 0.947 bits per heavy atom. The van der Waals surface area contributed by atoms with Crippen LogP contribution < -0.4 is 24.8 Å². The van der Waals surface area contributed by atoms with Crippen LogP contribution in [0.3, 0.4) is 0 Å². The summed E-state index contributed by atoms with van der Waals surface area (Å²) in [5.74, 6) is 0. The normalized spacial score (nSPS) is 16.5. The standard InChI is InChI=1S/2C8H11.2ClH.Zr/c2*1-6-4-7(2)8(3)5-6;;;/h2*4H2,1-3H3;2*1H;/q2*-1;;;+4/p-2. The molecule has 0 bridgehead atoms. The fraction of sp³-hybridized carbons (Fsp3) is 0.500. The SMILES string of the molecule is CC1=[C-]C(C)=C(C)C1.CC1=[C-]C(C)=C(C)C1.[Cl-].[Cl-].[Zr+4]. The van der Waals surface area contributed by atoms with Gasteiger partial charge < -0.3 is 24.8 Å². The predicted octanol–water partition coefficient (Wildman–Crippen LogP) is -1.04. The van der Waals surface area contributed by atoms with Crippen molar-refractivity contribution < 1.29 is 51.0 Å². The summed E-state index contributed by atoms with van der Waals surface area (Å²) in [5, 5.41) is 0. The zero-order valence-electron chi connectivity index (χ0n) is 12.7. The van der Waals surface area contributed by atoms with Gasteiger partial charge in [-0.1, -0.05) is 40.5 Å². The van der Waals surface area contributed by atoms with E-state index in [0.29, 0.717) is 0 Å². The predicted molar refractivity (Wildman–Crippen MR) is 70.8 cm³/mol. The molecule has 3 heteroatoms. The molecule has 0 N–H and O–H groups in total. The molecule has 104 valence electrons. The van der Waals surface area contributed by atoms with Crippen molar-refractivity contribution in [1.82, 2.24) is 0 Å². The summed E-state index contributed by atoms with van der Waals surface area (Å²) >= 11 is 0. The number of allylic oxidation sites excluding steroid dienone is 8. The molecule has 0 aromatic carbocycles. The Kier molecular flexibility index (Phi) is 14.3. The molecule has 0 fully saturated rings. The van der Waals surface area contributed by atoms with Crippen molar-refractivity contribution >= 4 is 0 Å². The van der Waals surface area contributed by atoms with Crippen molar-refractivity contribution in [2.24, 2.45) is 0 Å². The summed E-state index contributed by atoms with van der Waals surface area (Å²) < 4.78 is 0. The van der Waals surface area contributed by atoms with Crippen molar-refractivity contribution in [3.05, 3.63) is 45.6 Å². The Balaban J connectivity index is -0.000000233. The van der Waals surface area contributed by atoms with Gasteiger partial charge in [-0.15, -0.1) is 13.8 Å². The Hall–Kier alpha value is 0.423. The van der Waals surface area contributed by atoms with Crippen molar-refractivity contribution in [1.29, 1.82) is 0 Å². The van der Waals surface area contributed by atoms with E-state index >= 15 is 0 Å². The molecule has 0 amide bonds. The third kappa shape index (κ3) is 8.33. The first kappa shape index (κ1) is 24.4. The molecule has 0 atom stereocenters. The second-order valence-electron chi connectivity index (χ2n) is 4.97. The van der Waals surface area contributed by atoms with Gasteiger partial charge in [0.15, 0.2) is 0 Å². The van der Waals surface area contributed by atoms with Crippen LogP contribution in [0.1, 0.15) is 54.4 Å². The molecule has 2 aliphatic carbocycles. The van der Waals surface area contributed by atoms with Gasteiger partial charge in [-0.05, 0) is 0 Å². The second-order valence-corrected chi connectivity index (χ2v) is 4.97. The van der Waals surface area contributed by atoms with Crippen molar-refractivity contribution in [3.63, 3.8) is 0 Å². The molecule has 0 aromatic heterocycles. The first-order valence-corrected chi connectivity index (χ1v) is 5.91. The molecule has 19 heavy (non-hydrogen) atoms. The Labute approximate surface area is 150 Å². The van der Waals surface area contributed by atoms with Gasteiger partial charge in [0.2, 0.25) is 0 Å². The molecule has 0 nitrogen and oxygen atoms in total. The zero-order chi connectivity index (χ0) is 12.3. The number of halogens is 2. The van der Waals surface area contributed by atoms with E-state index in [0.717, 1.165) is 12.8 Å². The van der Waals surface area contributed by atoms with E-state index in [2.05, 4.69) is 53.7 Å². The van der Waals surface area contributed by atoms with Crippen LogP contribution in [-0.2, 0) is 26.2 Å². The van der Waals surface area contributed by atoms with E-state index in [1.165, 1.54) is 33.4 Å². The third-order valence-corrected chi connectivity index (χ3v) is 3.14. The summed E-state index contributed by atoms with van der Waals surface area (Å²) in [7, 11) is 0. The number of hydrogen-bond donors (Lipinski definition) is 0. The minimum atomic E-state index is 0. The molecule has 2 aliphatic rings. The average Bonchev–Trinajstić information content (AvgIpc) is 2.58. The van der Waals surface area contributed by atoms with E-state index in [1.54, 1.807) is 0 Å². The van der Waals surface area contributed by atoms with Gasteiger partial charge >= 0.3 is 26.2 Å². The molecule has 0 unspecified atom stereocenters. The summed E-state index contributed by atoms with van der Waals surface area (Å²) in [5.41, 5.74) is 8.37. The van der Waals surface area contributed by atoms with Gasteiger partial charge in [0.25, 0.3) is 0 Å². The maximum absolute atomic E-state index is 3.26. The summed E-state index contributed by atoms with van der Waals surface area (Å²) in [4.78, 5) is 0. The Morgan fingerprint density at radius 2 is 0.895 bits per heavy atom. The van der Waals surface area contributed by atoms with Crippen LogP contribution in [0.4, 0.5) is 0 Å². The molecule has 0 spiro atoms. The van der Waals surface area contributed by atoms with E-state index in [1.807, 2.05) is 0 Å². The minimum Gasteiger partial charge on any atom is -1.00 e. The van der Waals surface area contributed by atoms with Gasteiger partial charge in [0, 0.05) is 0 Å². The molecule has 0 saturated heterocycles. The van der Waals surface area contributed by atoms with Crippen LogP contribution in [0, 0.1) is 12.2 Å². The van der Waals surface area contributed by atoms with Gasteiger partial charge in [0.1, 0.15) is 0 Å². The maximum Gasteiger partial charge on any atom is 4.00 e. The van der Waals surface area contributed by atoms with Crippen LogP contribution in [0.25, 0.3) is 0 Å². The Bertz CT molecular complexity index is 372. The van der Waals surface area contributed by atoms with E-state index in [4.69, 9.17) is 0 Å². The summed E-state index contributed by atoms with van der Waals surface area (Å²) in [6.45, 7) is 12.8. The third-order valence-electron chi connectivity index (χ3n) is 3.14. The molecular formula is C16H22Cl2Zr. The fourth-order valence-corrected chi connectivity index (χ4v) is 2.00. The van der Waals surface area contributed by atoms with Crippen LogP contribution in [0.15, 0.2) is 33.4 Å². The topological polar surface area (TPSA) is 0 Å². The molecule has 0 aliphatic heterocycles. The quantitative estimate of drug-likeness (QED) is 0.474. The summed E-state index contributed by atoms with van der Waals surface area (Å²) in [6, 6.07) is 0. The average molecular weight is 376 g/mol. The largest absolute Gasteiger partial charge is 4.00 e. The first-order chi connectivity index (χ1) is 7.40. The van der Waals surface area contributed by atoms with Crippen LogP contribution in [0.5, 0.6) is 0 Å². The monoisotopic (exact) mass is 374 g/mol. The maximum atomic E-state index is 3.26. The first-order valence-electron chi connectivity index (χ1n) is 5.91. The minimum absolute atomic E-state index is 0.